The van der Waals surface area contributed by atoms with Gasteiger partial charge < -0.3 is 0 Å². The van der Waals surface area contributed by atoms with Crippen molar-refractivity contribution in [2.24, 2.45) is 0 Å². The molecule has 4 aromatic heterocycles. The van der Waals surface area contributed by atoms with Gasteiger partial charge in [0.05, 0.1) is 94.9 Å². The lowest BCUT2D eigenvalue weighted by atomic mass is 9.98. The minimum Gasteiger partial charge on any atom is -0.248 e. The zero-order chi connectivity index (χ0) is 43.7. The summed E-state index contributed by atoms with van der Waals surface area (Å²) >= 11 is 0. The van der Waals surface area contributed by atoms with Crippen molar-refractivity contribution in [3.8, 4) is 33.6 Å². The minimum absolute atomic E-state index is 0.839. The van der Waals surface area contributed by atoms with E-state index in [-0.39, 0.29) is 0 Å². The van der Waals surface area contributed by atoms with Crippen LogP contribution in [0.25, 0.3) is 98.8 Å². The third kappa shape index (κ3) is 8.60. The number of hydrogen-bond acceptors (Lipinski definition) is 3. The molecule has 0 atom stereocenters. The van der Waals surface area contributed by atoms with Gasteiger partial charge in [0.15, 0.2) is 0 Å². The number of rotatable bonds is 3. The van der Waals surface area contributed by atoms with Gasteiger partial charge in [0.25, 0.3) is 0 Å². The Morgan fingerprint density at radius 3 is 0.873 bits per heavy atom. The van der Waals surface area contributed by atoms with Crippen molar-refractivity contribution < 1.29 is 0 Å². The van der Waals surface area contributed by atoms with Crippen LogP contribution in [0.15, 0.2) is 146 Å². The van der Waals surface area contributed by atoms with Crippen molar-refractivity contribution in [2.75, 3.05) is 0 Å². The molecular formula is C54H33N3Si6. The van der Waals surface area contributed by atoms with Crippen molar-refractivity contribution in [1.29, 1.82) is 0 Å². The highest BCUT2D eigenvalue weighted by molar-refractivity contribution is 6.36. The summed E-state index contributed by atoms with van der Waals surface area (Å²) in [5.74, 6) is 0. The number of aromatic nitrogens is 3. The van der Waals surface area contributed by atoms with Crippen molar-refractivity contribution in [3.05, 3.63) is 162 Å². The highest BCUT2D eigenvalue weighted by Gasteiger charge is 2.13. The fourth-order valence-corrected chi connectivity index (χ4v) is 10.6. The molecule has 3 nitrogen and oxygen atoms in total. The molecule has 18 radical (unpaired) electrons. The molecule has 10 aromatic rings. The smallest absolute Gasteiger partial charge is 0.0715 e. The summed E-state index contributed by atoms with van der Waals surface area (Å²) in [6.45, 7) is 6.35. The van der Waals surface area contributed by atoms with E-state index in [2.05, 4.69) is 228 Å². The summed E-state index contributed by atoms with van der Waals surface area (Å²) in [6, 6.07) is 52.1. The SMILES string of the molecule is Cc1cc([Si])cc(-c2cc(-c3cc4nc(c3)c3cc([Si])cc(c3)c3cc([Si])cc(c3)c3cc(C)cc(n3)c3cc([Si])cc(c3)c3cc([Si])cc4c3)cc(-c3cc(C)cc([Si])c3)n2)c1. The first-order valence-electron chi connectivity index (χ1n) is 20.4. The molecule has 0 aliphatic heterocycles. The number of nitrogens with zero attached hydrogens (tertiary/aromatic N) is 3. The second kappa shape index (κ2) is 16.3. The third-order valence-electron chi connectivity index (χ3n) is 11.3. The Morgan fingerprint density at radius 1 is 0.238 bits per heavy atom. The van der Waals surface area contributed by atoms with Gasteiger partial charge in [0, 0.05) is 32.7 Å². The molecule has 0 aliphatic carbocycles. The Hall–Kier alpha value is -5.93. The molecule has 0 saturated heterocycles. The van der Waals surface area contributed by atoms with Gasteiger partial charge in [-0.25, -0.2) is 15.0 Å². The molecule has 288 valence electrons. The number of pyridine rings is 3. The van der Waals surface area contributed by atoms with E-state index in [0.29, 0.717) is 0 Å². The van der Waals surface area contributed by atoms with Crippen LogP contribution in [0.2, 0.25) is 0 Å². The van der Waals surface area contributed by atoms with Gasteiger partial charge in [-0.3, -0.25) is 0 Å². The summed E-state index contributed by atoms with van der Waals surface area (Å²) in [7, 11) is 23.4. The summed E-state index contributed by atoms with van der Waals surface area (Å²) in [4.78, 5) is 16.1. The van der Waals surface area contributed by atoms with E-state index in [1.165, 1.54) is 0 Å². The van der Waals surface area contributed by atoms with Crippen molar-refractivity contribution in [3.63, 3.8) is 0 Å². The Kier molecular flexibility index (Phi) is 10.6. The Morgan fingerprint density at radius 2 is 0.524 bits per heavy atom. The van der Waals surface area contributed by atoms with Crippen LogP contribution in [0.4, 0.5) is 0 Å². The molecule has 0 saturated carbocycles. The lowest BCUT2D eigenvalue weighted by Crippen LogP contribution is -2.05. The lowest BCUT2D eigenvalue weighted by molar-refractivity contribution is 1.31. The maximum absolute atomic E-state index is 5.48. The van der Waals surface area contributed by atoms with Crippen LogP contribution in [-0.2, 0) is 0 Å². The summed E-state index contributed by atoms with van der Waals surface area (Å²) < 4.78 is 0. The topological polar surface area (TPSA) is 38.7 Å². The lowest BCUT2D eigenvalue weighted by Gasteiger charge is -2.13. The minimum atomic E-state index is 0.839. The predicted molar refractivity (Wildman–Crippen MR) is 274 cm³/mol. The quantitative estimate of drug-likeness (QED) is 0.177. The predicted octanol–water partition coefficient (Wildman–Crippen LogP) is 7.17. The highest BCUT2D eigenvalue weighted by atomic mass is 28.2. The van der Waals surface area contributed by atoms with Gasteiger partial charge in [0.1, 0.15) is 0 Å². The molecule has 12 bridgehead atoms. The molecule has 0 fully saturated rings. The van der Waals surface area contributed by atoms with Crippen LogP contribution in [0.3, 0.4) is 0 Å². The van der Waals surface area contributed by atoms with E-state index in [1.807, 2.05) is 0 Å². The maximum Gasteiger partial charge on any atom is 0.0715 e. The molecule has 6 aromatic carbocycles. The van der Waals surface area contributed by atoms with E-state index in [1.54, 1.807) is 0 Å². The van der Waals surface area contributed by atoms with Crippen LogP contribution in [0.1, 0.15) is 16.7 Å². The van der Waals surface area contributed by atoms with Crippen molar-refractivity contribution in [1.82, 2.24) is 15.0 Å². The van der Waals surface area contributed by atoms with Gasteiger partial charge >= 0.3 is 0 Å². The second-order valence-corrected chi connectivity index (χ2v) is 20.0. The Balaban J connectivity index is 1.37. The summed E-state index contributed by atoms with van der Waals surface area (Å²) in [6.07, 6.45) is 0. The first kappa shape index (κ1) is 41.1. The Labute approximate surface area is 387 Å². The van der Waals surface area contributed by atoms with Crippen molar-refractivity contribution >= 4 is 158 Å². The van der Waals surface area contributed by atoms with Crippen LogP contribution < -0.4 is 31.1 Å². The molecule has 9 heteroatoms. The fraction of sp³-hybridized carbons (Fsp3) is 0.0556. The monoisotopic (exact) mass is 891 g/mol. The number of benzene rings is 6. The molecule has 0 unspecified atom stereocenters. The molecule has 10 rings (SSSR count). The van der Waals surface area contributed by atoms with Crippen LogP contribution >= 0.6 is 0 Å². The Bertz CT molecular complexity index is 3430. The van der Waals surface area contributed by atoms with Crippen LogP contribution in [0, 0.1) is 20.8 Å². The molecule has 0 spiro atoms. The van der Waals surface area contributed by atoms with Gasteiger partial charge in [-0.2, -0.15) is 0 Å². The first-order chi connectivity index (χ1) is 30.2. The van der Waals surface area contributed by atoms with Gasteiger partial charge in [0.2, 0.25) is 0 Å². The fourth-order valence-electron chi connectivity index (χ4n) is 8.58. The molecule has 0 amide bonds. The molecule has 0 N–H and O–H groups in total. The highest BCUT2D eigenvalue weighted by Crippen LogP contribution is 2.33. The largest absolute Gasteiger partial charge is 0.248 e. The summed E-state index contributed by atoms with van der Waals surface area (Å²) in [5, 5.41) is 14.0. The van der Waals surface area contributed by atoms with Gasteiger partial charge in [-0.15, -0.1) is 0 Å². The molecule has 63 heavy (non-hydrogen) atoms. The van der Waals surface area contributed by atoms with Gasteiger partial charge in [-0.05, 0) is 132 Å². The average Bonchev–Trinajstić information content (AvgIpc) is 3.24. The number of fused-ring (bicyclic) bond motifs is 18. The van der Waals surface area contributed by atoms with Gasteiger partial charge in [-0.1, -0.05) is 115 Å². The van der Waals surface area contributed by atoms with E-state index in [9.17, 15) is 0 Å². The first-order valence-corrected chi connectivity index (χ1v) is 23.4. The third-order valence-corrected chi connectivity index (χ3v) is 13.0. The number of hydrogen-bond donors (Lipinski definition) is 0. The standard InChI is InChI=1S/C54H33N3Si6/c1-28-4-37(18-43(58)6-28)51-24-35(25-52(56-51)38-5-29(2)7-44(59)19-38)36-26-53-41-12-33(16-47(62)22-41)31-10-39(20-45(60)14-31)49-8-30(3)9-50(55-49)40-11-32(15-46(61)21-40)34-13-42(23-48(63)17-34)54(27-36)57-53/h4-27H,1-3H3. The average molecular weight is 892 g/mol. The van der Waals surface area contributed by atoms with Crippen LogP contribution in [-0.4, -0.2) is 76.4 Å². The zero-order valence-electron chi connectivity index (χ0n) is 34.7. The van der Waals surface area contributed by atoms with E-state index < -0.39 is 0 Å². The molecule has 0 aliphatic rings. The second-order valence-electron chi connectivity index (χ2n) is 16.5. The maximum atomic E-state index is 5.48. The number of aryl methyl sites for hydroxylation is 3. The normalized spacial score (nSPS) is 11.6. The van der Waals surface area contributed by atoms with E-state index >= 15 is 0 Å². The van der Waals surface area contributed by atoms with E-state index in [4.69, 9.17) is 15.0 Å². The van der Waals surface area contributed by atoms with Crippen molar-refractivity contribution in [2.45, 2.75) is 20.8 Å². The van der Waals surface area contributed by atoms with E-state index in [0.717, 1.165) is 147 Å². The van der Waals surface area contributed by atoms with Crippen LogP contribution in [0.5, 0.6) is 0 Å². The zero-order valence-corrected chi connectivity index (χ0v) is 40.7. The summed E-state index contributed by atoms with van der Waals surface area (Å²) in [5.41, 5.74) is 12.8. The molecule has 4 heterocycles. The molecular weight excluding hydrogens is 859 g/mol.